The van der Waals surface area contributed by atoms with Crippen LogP contribution in [-0.4, -0.2) is 44.8 Å². The lowest BCUT2D eigenvalue weighted by Gasteiger charge is -2.17. The van der Waals surface area contributed by atoms with Crippen molar-refractivity contribution in [3.63, 3.8) is 0 Å². The minimum atomic E-state index is -3.72. The fourth-order valence-electron chi connectivity index (χ4n) is 3.56. The van der Waals surface area contributed by atoms with E-state index >= 15 is 0 Å². The van der Waals surface area contributed by atoms with Gasteiger partial charge in [0.1, 0.15) is 0 Å². The average Bonchev–Trinajstić information content (AvgIpc) is 3.18. The van der Waals surface area contributed by atoms with Gasteiger partial charge in [-0.05, 0) is 36.2 Å². The van der Waals surface area contributed by atoms with Gasteiger partial charge in [0, 0.05) is 31.1 Å². The minimum absolute atomic E-state index is 0.0521. The molecule has 0 saturated carbocycles. The third kappa shape index (κ3) is 4.16. The van der Waals surface area contributed by atoms with Crippen molar-refractivity contribution in [2.75, 3.05) is 26.2 Å². The Morgan fingerprint density at radius 3 is 2.61 bits per heavy atom. The van der Waals surface area contributed by atoms with Crippen molar-refractivity contribution in [3.05, 3.63) is 78.4 Å². The number of hydrogen-bond acceptors (Lipinski definition) is 4. The molecule has 0 aliphatic carbocycles. The molecule has 2 aromatic carbocycles. The Labute approximate surface area is 166 Å². The van der Waals surface area contributed by atoms with Crippen LogP contribution in [0.5, 0.6) is 0 Å². The Morgan fingerprint density at radius 1 is 1.18 bits per heavy atom. The summed E-state index contributed by atoms with van der Waals surface area (Å²) in [5, 5.41) is 2.66. The lowest BCUT2D eigenvalue weighted by molar-refractivity contribution is 0.0958. The van der Waals surface area contributed by atoms with E-state index in [1.165, 1.54) is 16.4 Å². The van der Waals surface area contributed by atoms with Gasteiger partial charge in [0.25, 0.3) is 5.91 Å². The first kappa shape index (κ1) is 20.3. The van der Waals surface area contributed by atoms with Crippen LogP contribution >= 0.6 is 0 Å². The van der Waals surface area contributed by atoms with E-state index in [1.54, 1.807) is 18.2 Å². The van der Waals surface area contributed by atoms with Gasteiger partial charge in [-0.15, -0.1) is 6.58 Å². The van der Waals surface area contributed by atoms with Crippen molar-refractivity contribution in [2.45, 2.75) is 10.8 Å². The highest BCUT2D eigenvalue weighted by molar-refractivity contribution is 7.89. The van der Waals surface area contributed by atoms with Crippen LogP contribution < -0.4 is 11.1 Å². The van der Waals surface area contributed by atoms with Crippen molar-refractivity contribution in [3.8, 4) is 0 Å². The van der Waals surface area contributed by atoms with Crippen molar-refractivity contribution in [1.82, 2.24) is 9.62 Å². The predicted molar refractivity (Wildman–Crippen MR) is 109 cm³/mol. The van der Waals surface area contributed by atoms with Gasteiger partial charge in [-0.1, -0.05) is 42.5 Å². The van der Waals surface area contributed by atoms with Crippen LogP contribution in [-0.2, 0) is 10.0 Å². The Balaban J connectivity index is 1.85. The molecule has 2 atom stereocenters. The van der Waals surface area contributed by atoms with E-state index in [9.17, 15) is 13.2 Å². The second-order valence-electron chi connectivity index (χ2n) is 6.86. The third-order valence-corrected chi connectivity index (χ3v) is 6.91. The molecule has 3 rings (SSSR count). The number of amides is 1. The summed E-state index contributed by atoms with van der Waals surface area (Å²) in [6.45, 7) is 5.03. The van der Waals surface area contributed by atoms with Crippen LogP contribution in [0, 0.1) is 5.92 Å². The molecule has 2 aromatic rings. The first-order valence-corrected chi connectivity index (χ1v) is 10.7. The van der Waals surface area contributed by atoms with Crippen LogP contribution in [0.4, 0.5) is 0 Å². The van der Waals surface area contributed by atoms with Crippen LogP contribution in [0.1, 0.15) is 21.8 Å². The lowest BCUT2D eigenvalue weighted by Crippen LogP contribution is -2.30. The second kappa shape index (κ2) is 8.68. The molecule has 1 saturated heterocycles. The van der Waals surface area contributed by atoms with Gasteiger partial charge in [-0.3, -0.25) is 4.79 Å². The lowest BCUT2D eigenvalue weighted by atomic mass is 9.89. The van der Waals surface area contributed by atoms with Gasteiger partial charge < -0.3 is 11.1 Å². The third-order valence-electron chi connectivity index (χ3n) is 5.08. The molecule has 1 aliphatic heterocycles. The van der Waals surface area contributed by atoms with E-state index in [2.05, 4.69) is 11.9 Å². The summed E-state index contributed by atoms with van der Waals surface area (Å²) >= 11 is 0. The molecule has 6 nitrogen and oxygen atoms in total. The first-order valence-electron chi connectivity index (χ1n) is 9.21. The zero-order chi connectivity index (χ0) is 20.1. The van der Waals surface area contributed by atoms with Gasteiger partial charge >= 0.3 is 0 Å². The normalized spacial score (nSPS) is 20.0. The highest BCUT2D eigenvalue weighted by atomic mass is 32.2. The first-order chi connectivity index (χ1) is 13.5. The van der Waals surface area contributed by atoms with Crippen LogP contribution in [0.2, 0.25) is 0 Å². The molecular formula is C21H25N3O3S. The number of sulfonamides is 1. The monoisotopic (exact) mass is 399 g/mol. The molecule has 0 spiro atoms. The number of nitrogens with zero attached hydrogens (tertiary/aromatic N) is 1. The Kier molecular flexibility index (Phi) is 6.28. The molecule has 1 heterocycles. The number of nitrogens with one attached hydrogen (secondary N) is 1. The largest absolute Gasteiger partial charge is 0.349 e. The van der Waals surface area contributed by atoms with Crippen LogP contribution in [0.15, 0.2) is 72.1 Å². The van der Waals surface area contributed by atoms with E-state index in [0.717, 1.165) is 5.56 Å². The van der Waals surface area contributed by atoms with E-state index in [0.29, 0.717) is 31.7 Å². The molecule has 7 heteroatoms. The summed E-state index contributed by atoms with van der Waals surface area (Å²) in [6.07, 6.45) is 1.57. The van der Waals surface area contributed by atoms with Crippen LogP contribution in [0.25, 0.3) is 0 Å². The van der Waals surface area contributed by atoms with Crippen molar-refractivity contribution >= 4 is 15.9 Å². The van der Waals surface area contributed by atoms with Gasteiger partial charge in [-0.25, -0.2) is 8.42 Å². The molecule has 28 heavy (non-hydrogen) atoms. The van der Waals surface area contributed by atoms with Crippen molar-refractivity contribution in [2.24, 2.45) is 11.7 Å². The Bertz CT molecular complexity index is 944. The molecular weight excluding hydrogens is 374 g/mol. The summed E-state index contributed by atoms with van der Waals surface area (Å²) in [4.78, 5) is 12.3. The molecule has 0 aromatic heterocycles. The standard InChI is InChI=1S/C21H25N3O3S/c1-2-11-23-21(25)17-9-6-10-19(12-17)28(26,27)24-14-18(13-22)20(15-24)16-7-4-3-5-8-16/h2-10,12,18,20H,1,11,13-15,22H2,(H,23,25)/t18-,20+/m1/s1. The van der Waals surface area contributed by atoms with Gasteiger partial charge in [0.05, 0.1) is 4.90 Å². The summed E-state index contributed by atoms with van der Waals surface area (Å²) in [6, 6.07) is 16.0. The smallest absolute Gasteiger partial charge is 0.251 e. The molecule has 1 aliphatic rings. The molecule has 1 fully saturated rings. The minimum Gasteiger partial charge on any atom is -0.349 e. The number of carbonyl (C=O) groups is 1. The topological polar surface area (TPSA) is 92.5 Å². The fourth-order valence-corrected chi connectivity index (χ4v) is 5.13. The highest BCUT2D eigenvalue weighted by Gasteiger charge is 2.39. The molecule has 0 unspecified atom stereocenters. The Hall–Kier alpha value is -2.48. The number of carbonyl (C=O) groups excluding carboxylic acids is 1. The summed E-state index contributed by atoms with van der Waals surface area (Å²) in [7, 11) is -3.72. The van der Waals surface area contributed by atoms with Gasteiger partial charge in [0.2, 0.25) is 10.0 Å². The predicted octanol–water partition coefficient (Wildman–Crippen LogP) is 1.97. The highest BCUT2D eigenvalue weighted by Crippen LogP contribution is 2.35. The maximum Gasteiger partial charge on any atom is 0.251 e. The summed E-state index contributed by atoms with van der Waals surface area (Å²) in [5.74, 6) is -0.225. The summed E-state index contributed by atoms with van der Waals surface area (Å²) in [5.41, 5.74) is 7.33. The number of rotatable bonds is 7. The molecule has 0 bridgehead atoms. The second-order valence-corrected chi connectivity index (χ2v) is 8.80. The SMILES string of the molecule is C=CCNC(=O)c1cccc(S(=O)(=O)N2C[C@@H](CN)[C@H](c3ccccc3)C2)c1. The zero-order valence-electron chi connectivity index (χ0n) is 15.6. The molecule has 3 N–H and O–H groups in total. The quantitative estimate of drug-likeness (QED) is 0.696. The number of hydrogen-bond donors (Lipinski definition) is 2. The van der Waals surface area contributed by atoms with E-state index in [4.69, 9.17) is 5.73 Å². The van der Waals surface area contributed by atoms with Crippen molar-refractivity contribution in [1.29, 1.82) is 0 Å². The van der Waals surface area contributed by atoms with Crippen molar-refractivity contribution < 1.29 is 13.2 Å². The van der Waals surface area contributed by atoms with E-state index < -0.39 is 10.0 Å². The Morgan fingerprint density at radius 2 is 1.93 bits per heavy atom. The van der Waals surface area contributed by atoms with E-state index in [-0.39, 0.29) is 22.6 Å². The number of nitrogens with two attached hydrogens (primary N) is 1. The van der Waals surface area contributed by atoms with Crippen LogP contribution in [0.3, 0.4) is 0 Å². The summed E-state index contributed by atoms with van der Waals surface area (Å²) < 4.78 is 27.9. The fraction of sp³-hybridized carbons (Fsp3) is 0.286. The average molecular weight is 400 g/mol. The van der Waals surface area contributed by atoms with E-state index in [1.807, 2.05) is 30.3 Å². The number of benzene rings is 2. The van der Waals surface area contributed by atoms with Gasteiger partial charge in [0.15, 0.2) is 0 Å². The maximum atomic E-state index is 13.2. The maximum absolute atomic E-state index is 13.2. The van der Waals surface area contributed by atoms with Gasteiger partial charge in [-0.2, -0.15) is 4.31 Å². The molecule has 0 radical (unpaired) electrons. The molecule has 1 amide bonds. The zero-order valence-corrected chi connectivity index (χ0v) is 16.4. The molecule has 148 valence electrons.